The summed E-state index contributed by atoms with van der Waals surface area (Å²) in [5, 5.41) is 11.8. The van der Waals surface area contributed by atoms with Crippen LogP contribution in [-0.2, 0) is 4.79 Å². The minimum absolute atomic E-state index is 0.0000532. The largest absolute Gasteiger partial charge is 0.492 e. The molecule has 0 saturated carbocycles. The molecule has 0 aromatic heterocycles. The first-order chi connectivity index (χ1) is 15.1. The number of rotatable bonds is 8. The van der Waals surface area contributed by atoms with Gasteiger partial charge in [-0.15, -0.1) is 0 Å². The zero-order valence-corrected chi connectivity index (χ0v) is 17.6. The molecular weight excluding hydrogens is 425 g/mol. The number of hydrogen-bond acceptors (Lipinski definition) is 4. The van der Waals surface area contributed by atoms with Gasteiger partial charge in [-0.05, 0) is 55.3 Å². The van der Waals surface area contributed by atoms with E-state index in [4.69, 9.17) is 9.84 Å². The number of piperidine rings is 1. The van der Waals surface area contributed by atoms with Gasteiger partial charge in [0.25, 0.3) is 5.92 Å². The highest BCUT2D eigenvalue weighted by Gasteiger charge is 2.42. The second-order valence-electron chi connectivity index (χ2n) is 7.84. The molecule has 9 heteroatoms. The number of ether oxygens (including phenoxy) is 1. The van der Waals surface area contributed by atoms with Gasteiger partial charge in [-0.2, -0.15) is 0 Å². The fourth-order valence-corrected chi connectivity index (χ4v) is 3.67. The third-order valence-corrected chi connectivity index (χ3v) is 5.44. The smallest absolute Gasteiger partial charge is 0.335 e. The van der Waals surface area contributed by atoms with Crippen molar-refractivity contribution in [1.29, 1.82) is 0 Å². The van der Waals surface area contributed by atoms with Crippen LogP contribution < -0.4 is 10.1 Å². The number of carbonyl (C=O) groups is 2. The number of hydrogen-bond donors (Lipinski definition) is 2. The summed E-state index contributed by atoms with van der Waals surface area (Å²) < 4.78 is 46.5. The number of benzene rings is 2. The molecule has 0 spiro atoms. The van der Waals surface area contributed by atoms with E-state index in [-0.39, 0.29) is 37.5 Å². The molecule has 0 radical (unpaired) electrons. The molecule has 0 aliphatic carbocycles. The molecule has 1 aliphatic rings. The first-order valence-electron chi connectivity index (χ1n) is 10.3. The number of amides is 1. The van der Waals surface area contributed by atoms with Crippen LogP contribution in [-0.4, -0.2) is 53.5 Å². The van der Waals surface area contributed by atoms with E-state index in [0.717, 1.165) is 0 Å². The highest BCUT2D eigenvalue weighted by molar-refractivity contribution is 5.87. The van der Waals surface area contributed by atoms with Gasteiger partial charge in [0.1, 0.15) is 18.2 Å². The number of nitrogens with zero attached hydrogens (tertiary/aromatic N) is 1. The fourth-order valence-electron chi connectivity index (χ4n) is 3.67. The summed E-state index contributed by atoms with van der Waals surface area (Å²) in [6, 6.07) is 10.3. The molecule has 1 heterocycles. The number of alkyl halides is 2. The lowest BCUT2D eigenvalue weighted by Crippen LogP contribution is -2.56. The van der Waals surface area contributed by atoms with Gasteiger partial charge >= 0.3 is 5.97 Å². The average Bonchev–Trinajstić information content (AvgIpc) is 2.74. The van der Waals surface area contributed by atoms with Crippen molar-refractivity contribution in [3.05, 3.63) is 65.5 Å². The Kier molecular flexibility index (Phi) is 7.40. The van der Waals surface area contributed by atoms with Gasteiger partial charge in [-0.1, -0.05) is 12.1 Å². The topological polar surface area (TPSA) is 78.9 Å². The highest BCUT2D eigenvalue weighted by Crippen LogP contribution is 2.30. The van der Waals surface area contributed by atoms with Crippen molar-refractivity contribution in [3.63, 3.8) is 0 Å². The average molecular weight is 450 g/mol. The molecule has 0 bridgehead atoms. The predicted octanol–water partition coefficient (Wildman–Crippen LogP) is 3.88. The van der Waals surface area contributed by atoms with Gasteiger partial charge in [0, 0.05) is 13.0 Å². The van der Waals surface area contributed by atoms with E-state index in [1.54, 1.807) is 19.1 Å². The third-order valence-electron chi connectivity index (χ3n) is 5.44. The van der Waals surface area contributed by atoms with E-state index in [9.17, 15) is 22.8 Å². The number of carbonyl (C=O) groups excluding carboxylic acids is 1. The summed E-state index contributed by atoms with van der Waals surface area (Å²) in [6.45, 7) is 1.36. The monoisotopic (exact) mass is 450 g/mol. The first-order valence-corrected chi connectivity index (χ1v) is 10.3. The summed E-state index contributed by atoms with van der Waals surface area (Å²) in [4.78, 5) is 25.3. The molecule has 1 fully saturated rings. The number of likely N-dealkylation sites (tertiary alicyclic amines) is 1. The van der Waals surface area contributed by atoms with Crippen molar-refractivity contribution in [2.24, 2.45) is 0 Å². The zero-order chi connectivity index (χ0) is 23.3. The van der Waals surface area contributed by atoms with Crippen LogP contribution in [0.4, 0.5) is 13.2 Å². The fraction of sp³-hybridized carbons (Fsp3) is 0.391. The molecule has 6 nitrogen and oxygen atoms in total. The van der Waals surface area contributed by atoms with Gasteiger partial charge < -0.3 is 15.2 Å². The highest BCUT2D eigenvalue weighted by atomic mass is 19.3. The van der Waals surface area contributed by atoms with Gasteiger partial charge in [-0.25, -0.2) is 18.0 Å². The maximum Gasteiger partial charge on any atom is 0.335 e. The standard InChI is InChI=1S/C23H25F3N2O4/c1-15(16-2-4-17(5-3-16)22(30)31)27-21(29)20-10-11-23(25,26)14-28(20)12-13-32-19-8-6-18(24)7-9-19/h2-9,15,20H,10-14H2,1H3,(H,27,29)(H,30,31)/t15-,20+/m0/s1. The molecule has 3 rings (SSSR count). The van der Waals surface area contributed by atoms with Crippen LogP contribution in [0.3, 0.4) is 0 Å². The Morgan fingerprint density at radius 1 is 1.19 bits per heavy atom. The molecule has 1 amide bonds. The first kappa shape index (κ1) is 23.6. The third kappa shape index (κ3) is 6.23. The maximum absolute atomic E-state index is 14.0. The van der Waals surface area contributed by atoms with Crippen molar-refractivity contribution < 1.29 is 32.6 Å². The maximum atomic E-state index is 14.0. The molecule has 1 aliphatic heterocycles. The normalized spacial score (nSPS) is 19.2. The Morgan fingerprint density at radius 3 is 2.47 bits per heavy atom. The number of halogens is 3. The Labute approximate surface area is 184 Å². The van der Waals surface area contributed by atoms with Crippen molar-refractivity contribution in [2.45, 2.75) is 37.8 Å². The van der Waals surface area contributed by atoms with E-state index in [1.165, 1.54) is 41.3 Å². The van der Waals surface area contributed by atoms with Crippen LogP contribution in [0.2, 0.25) is 0 Å². The minimum Gasteiger partial charge on any atom is -0.492 e. The van der Waals surface area contributed by atoms with Crippen LogP contribution in [0, 0.1) is 5.82 Å². The van der Waals surface area contributed by atoms with Crippen molar-refractivity contribution in [1.82, 2.24) is 10.2 Å². The van der Waals surface area contributed by atoms with Crippen molar-refractivity contribution in [2.75, 3.05) is 19.7 Å². The lowest BCUT2D eigenvalue weighted by molar-refractivity contribution is -0.136. The van der Waals surface area contributed by atoms with Crippen LogP contribution in [0.1, 0.15) is 41.7 Å². The van der Waals surface area contributed by atoms with Crippen LogP contribution >= 0.6 is 0 Å². The quantitative estimate of drug-likeness (QED) is 0.638. The van der Waals surface area contributed by atoms with Crippen molar-refractivity contribution in [3.8, 4) is 5.75 Å². The zero-order valence-electron chi connectivity index (χ0n) is 17.6. The molecule has 2 aromatic rings. The predicted molar refractivity (Wildman–Crippen MR) is 111 cm³/mol. The van der Waals surface area contributed by atoms with E-state index in [1.807, 2.05) is 0 Å². The molecule has 2 N–H and O–H groups in total. The second-order valence-corrected chi connectivity index (χ2v) is 7.84. The van der Waals surface area contributed by atoms with Gasteiger partial charge in [0.2, 0.25) is 5.91 Å². The van der Waals surface area contributed by atoms with E-state index in [0.29, 0.717) is 11.3 Å². The van der Waals surface area contributed by atoms with E-state index >= 15 is 0 Å². The number of aromatic carboxylic acids is 1. The van der Waals surface area contributed by atoms with E-state index in [2.05, 4.69) is 5.32 Å². The van der Waals surface area contributed by atoms with Gasteiger partial charge in [0.15, 0.2) is 0 Å². The van der Waals surface area contributed by atoms with Crippen LogP contribution in [0.25, 0.3) is 0 Å². The minimum atomic E-state index is -2.90. The molecule has 1 saturated heterocycles. The Bertz CT molecular complexity index is 935. The van der Waals surface area contributed by atoms with E-state index < -0.39 is 36.3 Å². The summed E-state index contributed by atoms with van der Waals surface area (Å²) in [7, 11) is 0. The number of carboxylic acids is 1. The second kappa shape index (κ2) is 10.0. The Morgan fingerprint density at radius 2 is 1.84 bits per heavy atom. The summed E-state index contributed by atoms with van der Waals surface area (Å²) in [5.41, 5.74) is 0.838. The summed E-state index contributed by atoms with van der Waals surface area (Å²) >= 11 is 0. The van der Waals surface area contributed by atoms with Crippen molar-refractivity contribution >= 4 is 11.9 Å². The van der Waals surface area contributed by atoms with Gasteiger partial charge in [0.05, 0.1) is 24.2 Å². The summed E-state index contributed by atoms with van der Waals surface area (Å²) in [5.74, 6) is -4.32. The molecule has 2 atom stereocenters. The molecular formula is C23H25F3N2O4. The molecule has 2 aromatic carbocycles. The summed E-state index contributed by atoms with van der Waals surface area (Å²) in [6.07, 6.45) is -0.387. The Hall–Kier alpha value is -3.07. The lowest BCUT2D eigenvalue weighted by Gasteiger charge is -2.38. The number of nitrogens with one attached hydrogen (secondary N) is 1. The molecule has 0 unspecified atom stereocenters. The van der Waals surface area contributed by atoms with Gasteiger partial charge in [-0.3, -0.25) is 9.69 Å². The number of carboxylic acid groups (broad SMARTS) is 1. The Balaban J connectivity index is 1.61. The van der Waals surface area contributed by atoms with Crippen LogP contribution in [0.5, 0.6) is 5.75 Å². The molecule has 32 heavy (non-hydrogen) atoms. The SMILES string of the molecule is C[C@H](NC(=O)[C@H]1CCC(F)(F)CN1CCOc1ccc(F)cc1)c1ccc(C(=O)O)cc1. The van der Waals surface area contributed by atoms with Crippen LogP contribution in [0.15, 0.2) is 48.5 Å². The lowest BCUT2D eigenvalue weighted by atomic mass is 9.97. The molecule has 172 valence electrons.